The molecule has 0 unspecified atom stereocenters. The van der Waals surface area contributed by atoms with Gasteiger partial charge in [-0.15, -0.1) is 0 Å². The Morgan fingerprint density at radius 2 is 1.96 bits per heavy atom. The molecule has 0 saturated carbocycles. The van der Waals surface area contributed by atoms with Gasteiger partial charge < -0.3 is 15.0 Å². The van der Waals surface area contributed by atoms with Crippen molar-refractivity contribution in [3.8, 4) is 5.75 Å². The number of amides is 1. The smallest absolute Gasteiger partial charge is 0.217 e. The molecule has 26 heavy (non-hydrogen) atoms. The van der Waals surface area contributed by atoms with Crippen LogP contribution in [0.2, 0.25) is 0 Å². The summed E-state index contributed by atoms with van der Waals surface area (Å²) in [5.41, 5.74) is 1.25. The quantitative estimate of drug-likeness (QED) is 0.878. The molecule has 5 heteroatoms. The minimum absolute atomic E-state index is 0.0929. The van der Waals surface area contributed by atoms with Crippen LogP contribution in [0, 0.1) is 11.8 Å². The molecule has 0 bridgehead atoms. The van der Waals surface area contributed by atoms with Crippen molar-refractivity contribution in [1.29, 1.82) is 0 Å². The number of benzene rings is 1. The summed E-state index contributed by atoms with van der Waals surface area (Å²) in [7, 11) is 1.72. The number of carbonyl (C=O) groups excluding carboxylic acids is 1. The third-order valence-corrected chi connectivity index (χ3v) is 6.04. The second kappa shape index (κ2) is 8.30. The molecule has 2 saturated heterocycles. The lowest BCUT2D eigenvalue weighted by molar-refractivity contribution is -0.119. The first-order chi connectivity index (χ1) is 12.5. The molecule has 144 valence electrons. The molecule has 1 aromatic carbocycles. The lowest BCUT2D eigenvalue weighted by atomic mass is 9.91. The zero-order chi connectivity index (χ0) is 18.7. The molecule has 3 rings (SSSR count). The van der Waals surface area contributed by atoms with Crippen molar-refractivity contribution in [3.63, 3.8) is 0 Å². The highest BCUT2D eigenvalue weighted by Gasteiger charge is 2.38. The van der Waals surface area contributed by atoms with Crippen molar-refractivity contribution in [3.05, 3.63) is 24.3 Å². The fourth-order valence-electron chi connectivity index (χ4n) is 4.54. The summed E-state index contributed by atoms with van der Waals surface area (Å²) < 4.78 is 5.36. The van der Waals surface area contributed by atoms with E-state index in [0.717, 1.165) is 31.9 Å². The number of carbonyl (C=O) groups is 1. The SMILES string of the molecule is COc1cccc(N2CCC(N3C[C@@H](NC(C)=O)[C@H](C(C)C)C3)CC2)c1. The first-order valence-electron chi connectivity index (χ1n) is 9.88. The standard InChI is InChI=1S/C21H33N3O2/c1-15(2)20-13-24(14-21(20)22-16(3)25)17-8-10-23(11-9-17)18-6-5-7-19(12-18)26-4/h5-7,12,15,17,20-21H,8-11,13-14H2,1-4H3,(H,22,25)/t20-,21+/m0/s1. The van der Waals surface area contributed by atoms with Crippen molar-refractivity contribution in [2.45, 2.75) is 45.7 Å². The van der Waals surface area contributed by atoms with Crippen molar-refractivity contribution in [1.82, 2.24) is 10.2 Å². The van der Waals surface area contributed by atoms with Gasteiger partial charge in [-0.1, -0.05) is 19.9 Å². The molecule has 1 N–H and O–H groups in total. The number of methoxy groups -OCH3 is 1. The van der Waals surface area contributed by atoms with Crippen LogP contribution in [-0.2, 0) is 4.79 Å². The van der Waals surface area contributed by atoms with Crippen LogP contribution in [0.15, 0.2) is 24.3 Å². The third-order valence-electron chi connectivity index (χ3n) is 6.04. The van der Waals surface area contributed by atoms with Gasteiger partial charge in [0.25, 0.3) is 0 Å². The highest BCUT2D eigenvalue weighted by Crippen LogP contribution is 2.31. The average Bonchev–Trinajstić information content (AvgIpc) is 3.05. The van der Waals surface area contributed by atoms with Gasteiger partial charge in [0.15, 0.2) is 0 Å². The first kappa shape index (κ1) is 19.0. The van der Waals surface area contributed by atoms with E-state index in [2.05, 4.69) is 47.2 Å². The molecular weight excluding hydrogens is 326 g/mol. The van der Waals surface area contributed by atoms with E-state index in [1.165, 1.54) is 18.5 Å². The van der Waals surface area contributed by atoms with E-state index in [4.69, 9.17) is 4.74 Å². The summed E-state index contributed by atoms with van der Waals surface area (Å²) in [6.45, 7) is 10.4. The second-order valence-corrected chi connectivity index (χ2v) is 8.09. The molecule has 2 aliphatic heterocycles. The van der Waals surface area contributed by atoms with Gasteiger partial charge >= 0.3 is 0 Å². The number of piperidine rings is 1. The molecule has 2 heterocycles. The number of likely N-dealkylation sites (tertiary alicyclic amines) is 1. The van der Waals surface area contributed by atoms with Gasteiger partial charge in [-0.3, -0.25) is 9.69 Å². The topological polar surface area (TPSA) is 44.8 Å². The van der Waals surface area contributed by atoms with E-state index in [9.17, 15) is 4.79 Å². The number of hydrogen-bond donors (Lipinski definition) is 1. The summed E-state index contributed by atoms with van der Waals surface area (Å²) in [6, 6.07) is 9.26. The van der Waals surface area contributed by atoms with Gasteiger partial charge in [0.1, 0.15) is 5.75 Å². The zero-order valence-electron chi connectivity index (χ0n) is 16.6. The van der Waals surface area contributed by atoms with Crippen LogP contribution in [0.4, 0.5) is 5.69 Å². The number of ether oxygens (including phenoxy) is 1. The van der Waals surface area contributed by atoms with Crippen molar-refractivity contribution >= 4 is 11.6 Å². The number of hydrogen-bond acceptors (Lipinski definition) is 4. The summed E-state index contributed by atoms with van der Waals surface area (Å²) >= 11 is 0. The predicted molar refractivity (Wildman–Crippen MR) is 106 cm³/mol. The third kappa shape index (κ3) is 4.32. The Hall–Kier alpha value is -1.75. The Kier molecular flexibility index (Phi) is 6.07. The molecule has 0 aromatic heterocycles. The number of nitrogens with one attached hydrogen (secondary N) is 1. The molecule has 2 fully saturated rings. The molecule has 0 radical (unpaired) electrons. The fourth-order valence-corrected chi connectivity index (χ4v) is 4.54. The van der Waals surface area contributed by atoms with Crippen LogP contribution in [0.5, 0.6) is 5.75 Å². The minimum Gasteiger partial charge on any atom is -0.497 e. The summed E-state index contributed by atoms with van der Waals surface area (Å²) in [5.74, 6) is 2.15. The van der Waals surface area contributed by atoms with Crippen LogP contribution in [-0.4, -0.2) is 56.2 Å². The molecule has 0 aliphatic carbocycles. The van der Waals surface area contributed by atoms with E-state index in [1.807, 2.05) is 6.07 Å². The molecule has 1 aromatic rings. The number of nitrogens with zero attached hydrogens (tertiary/aromatic N) is 2. The molecule has 1 amide bonds. The van der Waals surface area contributed by atoms with Crippen molar-refractivity contribution in [2.75, 3.05) is 38.2 Å². The largest absolute Gasteiger partial charge is 0.497 e. The molecule has 2 aliphatic rings. The molecule has 0 spiro atoms. The lowest BCUT2D eigenvalue weighted by Gasteiger charge is -2.38. The molecule has 5 nitrogen and oxygen atoms in total. The highest BCUT2D eigenvalue weighted by atomic mass is 16.5. The Morgan fingerprint density at radius 1 is 1.23 bits per heavy atom. The monoisotopic (exact) mass is 359 g/mol. The molecule has 2 atom stereocenters. The van der Waals surface area contributed by atoms with E-state index < -0.39 is 0 Å². The van der Waals surface area contributed by atoms with Crippen LogP contribution in [0.3, 0.4) is 0 Å². The Morgan fingerprint density at radius 3 is 2.58 bits per heavy atom. The zero-order valence-corrected chi connectivity index (χ0v) is 16.6. The minimum atomic E-state index is 0.0929. The van der Waals surface area contributed by atoms with E-state index in [-0.39, 0.29) is 5.91 Å². The number of anilines is 1. The maximum atomic E-state index is 11.6. The highest BCUT2D eigenvalue weighted by molar-refractivity contribution is 5.73. The van der Waals surface area contributed by atoms with Crippen LogP contribution >= 0.6 is 0 Å². The van der Waals surface area contributed by atoms with Crippen molar-refractivity contribution in [2.24, 2.45) is 11.8 Å². The van der Waals surface area contributed by atoms with Gasteiger partial charge in [-0.25, -0.2) is 0 Å². The molecular formula is C21H33N3O2. The van der Waals surface area contributed by atoms with Crippen molar-refractivity contribution < 1.29 is 9.53 Å². The van der Waals surface area contributed by atoms with Crippen LogP contribution in [0.25, 0.3) is 0 Å². The van der Waals surface area contributed by atoms with Crippen LogP contribution in [0.1, 0.15) is 33.6 Å². The Labute approximate surface area is 157 Å². The normalized spacial score (nSPS) is 24.9. The van der Waals surface area contributed by atoms with E-state index >= 15 is 0 Å². The van der Waals surface area contributed by atoms with Crippen LogP contribution < -0.4 is 15.0 Å². The van der Waals surface area contributed by atoms with Gasteiger partial charge in [0.2, 0.25) is 5.91 Å². The summed E-state index contributed by atoms with van der Waals surface area (Å²) in [5, 5.41) is 3.18. The maximum Gasteiger partial charge on any atom is 0.217 e. The average molecular weight is 360 g/mol. The van der Waals surface area contributed by atoms with Gasteiger partial charge in [-0.2, -0.15) is 0 Å². The maximum absolute atomic E-state index is 11.6. The fraction of sp³-hybridized carbons (Fsp3) is 0.667. The Balaban J connectivity index is 1.58. The van der Waals surface area contributed by atoms with Gasteiger partial charge in [-0.05, 0) is 36.8 Å². The lowest BCUT2D eigenvalue weighted by Crippen LogP contribution is -2.45. The second-order valence-electron chi connectivity index (χ2n) is 8.09. The summed E-state index contributed by atoms with van der Waals surface area (Å²) in [6.07, 6.45) is 2.35. The Bertz CT molecular complexity index is 611. The van der Waals surface area contributed by atoms with Gasteiger partial charge in [0.05, 0.1) is 7.11 Å². The van der Waals surface area contributed by atoms with Gasteiger partial charge in [0, 0.05) is 56.9 Å². The van der Waals surface area contributed by atoms with E-state index in [0.29, 0.717) is 23.9 Å². The predicted octanol–water partition coefficient (Wildman–Crippen LogP) is 2.76. The van der Waals surface area contributed by atoms with E-state index in [1.54, 1.807) is 14.0 Å². The number of rotatable bonds is 5. The summed E-state index contributed by atoms with van der Waals surface area (Å²) in [4.78, 5) is 16.6. The first-order valence-corrected chi connectivity index (χ1v) is 9.88.